The molecule has 0 aliphatic carbocycles. The smallest absolute Gasteiger partial charge is 0.260 e. The minimum atomic E-state index is -3.67. The number of nitrogens with one attached hydrogen (secondary N) is 2. The van der Waals surface area contributed by atoms with Gasteiger partial charge >= 0.3 is 0 Å². The molecule has 8 nitrogen and oxygen atoms in total. The van der Waals surface area contributed by atoms with E-state index in [4.69, 9.17) is 10.6 Å². The molecule has 0 unspecified atom stereocenters. The van der Waals surface area contributed by atoms with Gasteiger partial charge in [-0.2, -0.15) is 4.98 Å². The van der Waals surface area contributed by atoms with E-state index < -0.39 is 10.0 Å². The zero-order valence-corrected chi connectivity index (χ0v) is 13.3. The molecule has 0 saturated heterocycles. The van der Waals surface area contributed by atoms with Crippen molar-refractivity contribution in [2.75, 3.05) is 25.7 Å². The molecule has 0 aliphatic rings. The van der Waals surface area contributed by atoms with Gasteiger partial charge in [0.15, 0.2) is 10.8 Å². The maximum absolute atomic E-state index is 12.4. The number of nitrogen functional groups attached to an aromatic ring is 1. The molecule has 2 rings (SSSR count). The highest BCUT2D eigenvalue weighted by Crippen LogP contribution is 2.24. The number of hydrogen-bond donors (Lipinski definition) is 3. The fraction of sp³-hybridized carbons (Fsp3) is 0.545. The molecular weight excluding hydrogens is 314 g/mol. The summed E-state index contributed by atoms with van der Waals surface area (Å²) in [6, 6.07) is 0. The fourth-order valence-electron chi connectivity index (χ4n) is 1.94. The number of rotatable bonds is 9. The van der Waals surface area contributed by atoms with Crippen LogP contribution in [0.1, 0.15) is 19.3 Å². The van der Waals surface area contributed by atoms with E-state index >= 15 is 0 Å². The summed E-state index contributed by atoms with van der Waals surface area (Å²) in [6.45, 7) is 1.06. The van der Waals surface area contributed by atoms with E-state index in [2.05, 4.69) is 15.1 Å². The molecule has 0 radical (unpaired) electrons. The van der Waals surface area contributed by atoms with Crippen LogP contribution in [0.4, 0.5) is 5.82 Å². The maximum Gasteiger partial charge on any atom is 0.260 e. The summed E-state index contributed by atoms with van der Waals surface area (Å²) in [5, 5.41) is 1.81. The second kappa shape index (κ2) is 7.18. The molecule has 0 aromatic carbocycles. The number of fused-ring (bicyclic) bond motifs is 1. The van der Waals surface area contributed by atoms with Crippen molar-refractivity contribution in [2.45, 2.75) is 24.3 Å². The second-order valence-electron chi connectivity index (χ2n) is 4.42. The molecule has 2 heterocycles. The Morgan fingerprint density at radius 3 is 2.95 bits per heavy atom. The Kier molecular flexibility index (Phi) is 5.53. The quantitative estimate of drug-likeness (QED) is 0.355. The van der Waals surface area contributed by atoms with Crippen molar-refractivity contribution in [1.82, 2.24) is 14.1 Å². The molecule has 2 aromatic heterocycles. The molecule has 0 spiro atoms. The molecule has 0 bridgehead atoms. The van der Waals surface area contributed by atoms with E-state index in [0.717, 1.165) is 19.3 Å². The summed E-state index contributed by atoms with van der Waals surface area (Å²) in [7, 11) is -2.02. The minimum absolute atomic E-state index is 0.0399. The standard InChI is InChI=1S/C11H19N5O3S2/c1-19-7-4-2-3-5-13-21(17,18)10-9(15-12)14-11-16(10)6-8-20-11/h6,8,13,15H,2-5,7,12H2,1H3. The van der Waals surface area contributed by atoms with E-state index in [-0.39, 0.29) is 10.8 Å². The number of sulfonamides is 1. The molecule has 10 heteroatoms. The lowest BCUT2D eigenvalue weighted by atomic mass is 10.2. The van der Waals surface area contributed by atoms with Crippen molar-refractivity contribution in [3.63, 3.8) is 0 Å². The lowest BCUT2D eigenvalue weighted by Gasteiger charge is -2.07. The number of hydrogen-bond acceptors (Lipinski definition) is 7. The Bertz CT molecular complexity index is 679. The van der Waals surface area contributed by atoms with Crippen molar-refractivity contribution in [2.24, 2.45) is 5.84 Å². The first kappa shape index (κ1) is 16.2. The van der Waals surface area contributed by atoms with E-state index in [1.807, 2.05) is 0 Å². The average molecular weight is 333 g/mol. The Balaban J connectivity index is 2.05. The highest BCUT2D eigenvalue weighted by Gasteiger charge is 2.25. The largest absolute Gasteiger partial charge is 0.385 e. The number of aromatic nitrogens is 2. The maximum atomic E-state index is 12.4. The Morgan fingerprint density at radius 2 is 2.24 bits per heavy atom. The molecule has 0 saturated carbocycles. The number of nitrogens with two attached hydrogens (primary N) is 1. The van der Waals surface area contributed by atoms with Crippen LogP contribution < -0.4 is 16.0 Å². The Hall–Kier alpha value is -1.20. The Labute approximate surface area is 127 Å². The van der Waals surface area contributed by atoms with E-state index in [1.165, 1.54) is 15.7 Å². The highest BCUT2D eigenvalue weighted by atomic mass is 32.2. The zero-order chi connectivity index (χ0) is 15.3. The zero-order valence-electron chi connectivity index (χ0n) is 11.7. The number of methoxy groups -OCH3 is 1. The first-order chi connectivity index (χ1) is 10.1. The summed E-state index contributed by atoms with van der Waals surface area (Å²) >= 11 is 1.34. The summed E-state index contributed by atoms with van der Waals surface area (Å²) in [4.78, 5) is 4.71. The van der Waals surface area contributed by atoms with Gasteiger partial charge in [0.1, 0.15) is 0 Å². The van der Waals surface area contributed by atoms with Crippen LogP contribution in [0.15, 0.2) is 16.6 Å². The molecule has 2 aromatic rings. The number of anilines is 1. The van der Waals surface area contributed by atoms with Crippen LogP contribution in [-0.2, 0) is 14.8 Å². The topological polar surface area (TPSA) is 111 Å². The van der Waals surface area contributed by atoms with Gasteiger partial charge in [0.2, 0.25) is 5.03 Å². The van der Waals surface area contributed by atoms with Crippen molar-refractivity contribution in [1.29, 1.82) is 0 Å². The van der Waals surface area contributed by atoms with Gasteiger partial charge in [-0.3, -0.25) is 4.40 Å². The van der Waals surface area contributed by atoms with E-state index in [1.54, 1.807) is 18.7 Å². The van der Waals surface area contributed by atoms with Gasteiger partial charge in [-0.15, -0.1) is 11.3 Å². The Morgan fingerprint density at radius 1 is 1.43 bits per heavy atom. The summed E-state index contributed by atoms with van der Waals surface area (Å²) < 4.78 is 33.8. The van der Waals surface area contributed by atoms with Crippen LogP contribution in [0.25, 0.3) is 4.96 Å². The number of nitrogens with zero attached hydrogens (tertiary/aromatic N) is 2. The number of ether oxygens (including phenoxy) is 1. The van der Waals surface area contributed by atoms with Crippen LogP contribution in [0.2, 0.25) is 0 Å². The van der Waals surface area contributed by atoms with Crippen molar-refractivity contribution < 1.29 is 13.2 Å². The minimum Gasteiger partial charge on any atom is -0.385 e. The third kappa shape index (κ3) is 3.71. The monoisotopic (exact) mass is 333 g/mol. The molecular formula is C11H19N5O3S2. The van der Waals surface area contributed by atoms with Crippen LogP contribution >= 0.6 is 11.3 Å². The second-order valence-corrected chi connectivity index (χ2v) is 6.97. The number of unbranched alkanes of at least 4 members (excludes halogenated alkanes) is 2. The third-order valence-corrected chi connectivity index (χ3v) is 5.17. The fourth-order valence-corrected chi connectivity index (χ4v) is 4.03. The molecule has 0 amide bonds. The van der Waals surface area contributed by atoms with Crippen LogP contribution in [0.5, 0.6) is 0 Å². The molecule has 0 fully saturated rings. The van der Waals surface area contributed by atoms with Gasteiger partial charge < -0.3 is 10.2 Å². The van der Waals surface area contributed by atoms with Gasteiger partial charge in [0.05, 0.1) is 0 Å². The normalized spacial score (nSPS) is 12.1. The van der Waals surface area contributed by atoms with Gasteiger partial charge in [-0.05, 0) is 19.3 Å². The first-order valence-corrected chi connectivity index (χ1v) is 8.87. The van der Waals surface area contributed by atoms with E-state index in [0.29, 0.717) is 18.1 Å². The molecule has 118 valence electrons. The summed E-state index contributed by atoms with van der Waals surface area (Å²) in [5.74, 6) is 5.50. The lowest BCUT2D eigenvalue weighted by molar-refractivity contribution is 0.192. The highest BCUT2D eigenvalue weighted by molar-refractivity contribution is 7.89. The number of thiazole rings is 1. The molecule has 0 atom stereocenters. The van der Waals surface area contributed by atoms with Crippen molar-refractivity contribution in [3.05, 3.63) is 11.6 Å². The molecule has 0 aliphatic heterocycles. The summed E-state index contributed by atoms with van der Waals surface area (Å²) in [6.07, 6.45) is 4.22. The average Bonchev–Trinajstić information content (AvgIpc) is 3.02. The van der Waals surface area contributed by atoms with Gasteiger partial charge in [0, 0.05) is 31.8 Å². The van der Waals surface area contributed by atoms with Gasteiger partial charge in [-0.1, -0.05) is 0 Å². The van der Waals surface area contributed by atoms with Crippen LogP contribution in [0, 0.1) is 0 Å². The van der Waals surface area contributed by atoms with Crippen LogP contribution in [-0.4, -0.2) is 38.1 Å². The van der Waals surface area contributed by atoms with Gasteiger partial charge in [0.25, 0.3) is 10.0 Å². The lowest BCUT2D eigenvalue weighted by Crippen LogP contribution is -2.27. The summed E-state index contributed by atoms with van der Waals surface area (Å²) in [5.41, 5.74) is 2.33. The first-order valence-electron chi connectivity index (χ1n) is 6.51. The molecule has 21 heavy (non-hydrogen) atoms. The van der Waals surface area contributed by atoms with Crippen LogP contribution in [0.3, 0.4) is 0 Å². The van der Waals surface area contributed by atoms with Crippen molar-refractivity contribution in [3.8, 4) is 0 Å². The third-order valence-electron chi connectivity index (χ3n) is 2.93. The van der Waals surface area contributed by atoms with E-state index in [9.17, 15) is 8.42 Å². The predicted octanol–water partition coefficient (Wildman–Crippen LogP) is 0.776. The predicted molar refractivity (Wildman–Crippen MR) is 81.8 cm³/mol. The number of imidazole rings is 1. The number of hydrazine groups is 1. The van der Waals surface area contributed by atoms with Crippen molar-refractivity contribution >= 4 is 32.1 Å². The molecule has 4 N–H and O–H groups in total. The SMILES string of the molecule is COCCCCCNS(=O)(=O)c1c(NN)nc2sccn12. The van der Waals surface area contributed by atoms with Gasteiger partial charge in [-0.25, -0.2) is 19.0 Å².